The highest BCUT2D eigenvalue weighted by Crippen LogP contribution is 2.30. The van der Waals surface area contributed by atoms with Crippen LogP contribution in [0.5, 0.6) is 5.75 Å². The molecule has 3 rings (SSSR count). The Bertz CT molecular complexity index is 919. The van der Waals surface area contributed by atoms with E-state index in [1.807, 2.05) is 55.6 Å². The largest absolute Gasteiger partial charge is 0.483 e. The van der Waals surface area contributed by atoms with E-state index in [2.05, 4.69) is 31.0 Å². The van der Waals surface area contributed by atoms with Gasteiger partial charge in [0.25, 0.3) is 5.91 Å². The number of carbonyl (C=O) groups excluding carboxylic acids is 1. The van der Waals surface area contributed by atoms with Crippen molar-refractivity contribution in [3.63, 3.8) is 0 Å². The molecule has 0 aliphatic rings. The van der Waals surface area contributed by atoms with E-state index in [1.165, 1.54) is 11.3 Å². The number of benzene rings is 2. The molecule has 2 aromatic carbocycles. The standard InChI is InChI=1S/C22H24N2O2S/c1-15(2)19-11-10-16(3)12-20(19)26-13-21(25)24(18-8-6-5-7-9-18)22-23-17(4)14-27-22/h5-12,14-15H,13H2,1-4H3. The number of hydrogen-bond acceptors (Lipinski definition) is 4. The van der Waals surface area contributed by atoms with Crippen molar-refractivity contribution in [1.82, 2.24) is 4.98 Å². The number of para-hydroxylation sites is 1. The van der Waals surface area contributed by atoms with Crippen LogP contribution >= 0.6 is 11.3 Å². The van der Waals surface area contributed by atoms with E-state index in [4.69, 9.17) is 4.74 Å². The molecule has 27 heavy (non-hydrogen) atoms. The molecule has 0 bridgehead atoms. The number of rotatable bonds is 6. The van der Waals surface area contributed by atoms with Gasteiger partial charge in [0, 0.05) is 5.38 Å². The summed E-state index contributed by atoms with van der Waals surface area (Å²) in [4.78, 5) is 19.2. The molecular formula is C22H24N2O2S. The average Bonchev–Trinajstić information content (AvgIpc) is 3.06. The van der Waals surface area contributed by atoms with Crippen molar-refractivity contribution in [3.8, 4) is 5.75 Å². The van der Waals surface area contributed by atoms with Crippen LogP contribution in [-0.2, 0) is 4.79 Å². The maximum Gasteiger partial charge on any atom is 0.271 e. The second kappa shape index (κ2) is 8.35. The monoisotopic (exact) mass is 380 g/mol. The molecule has 1 amide bonds. The van der Waals surface area contributed by atoms with Gasteiger partial charge in [0.2, 0.25) is 0 Å². The van der Waals surface area contributed by atoms with Crippen molar-refractivity contribution in [2.24, 2.45) is 0 Å². The normalized spacial score (nSPS) is 10.9. The number of ether oxygens (including phenoxy) is 1. The van der Waals surface area contributed by atoms with Gasteiger partial charge in [0.1, 0.15) is 5.75 Å². The zero-order valence-electron chi connectivity index (χ0n) is 16.1. The first-order valence-electron chi connectivity index (χ1n) is 8.99. The Morgan fingerprint density at radius 3 is 2.52 bits per heavy atom. The number of anilines is 2. The molecule has 1 heterocycles. The fourth-order valence-corrected chi connectivity index (χ4v) is 3.67. The number of nitrogens with zero attached hydrogens (tertiary/aromatic N) is 2. The molecular weight excluding hydrogens is 356 g/mol. The molecule has 4 nitrogen and oxygen atoms in total. The molecule has 0 saturated carbocycles. The van der Waals surface area contributed by atoms with Gasteiger partial charge in [-0.15, -0.1) is 11.3 Å². The number of aromatic nitrogens is 1. The molecule has 0 unspecified atom stereocenters. The third kappa shape index (κ3) is 4.55. The summed E-state index contributed by atoms with van der Waals surface area (Å²) in [5.41, 5.74) is 3.89. The van der Waals surface area contributed by atoms with E-state index in [0.717, 1.165) is 28.3 Å². The van der Waals surface area contributed by atoms with Gasteiger partial charge in [-0.05, 0) is 49.1 Å². The number of thiazole rings is 1. The highest BCUT2D eigenvalue weighted by atomic mass is 32.1. The quantitative estimate of drug-likeness (QED) is 0.557. The maximum absolute atomic E-state index is 13.1. The van der Waals surface area contributed by atoms with Crippen molar-refractivity contribution in [2.75, 3.05) is 11.5 Å². The smallest absolute Gasteiger partial charge is 0.271 e. The highest BCUT2D eigenvalue weighted by Gasteiger charge is 2.22. The molecule has 0 saturated heterocycles. The highest BCUT2D eigenvalue weighted by molar-refractivity contribution is 7.14. The molecule has 1 aromatic heterocycles. The number of amides is 1. The summed E-state index contributed by atoms with van der Waals surface area (Å²) in [5, 5.41) is 2.59. The second-order valence-electron chi connectivity index (χ2n) is 6.82. The fourth-order valence-electron chi connectivity index (χ4n) is 2.83. The van der Waals surface area contributed by atoms with E-state index in [1.54, 1.807) is 4.90 Å². The van der Waals surface area contributed by atoms with Crippen molar-refractivity contribution in [2.45, 2.75) is 33.6 Å². The first-order valence-corrected chi connectivity index (χ1v) is 9.87. The van der Waals surface area contributed by atoms with E-state index in [9.17, 15) is 4.79 Å². The third-order valence-corrected chi connectivity index (χ3v) is 5.15. The van der Waals surface area contributed by atoms with E-state index < -0.39 is 0 Å². The molecule has 0 radical (unpaired) electrons. The third-order valence-electron chi connectivity index (χ3n) is 4.20. The van der Waals surface area contributed by atoms with Crippen molar-refractivity contribution < 1.29 is 9.53 Å². The summed E-state index contributed by atoms with van der Waals surface area (Å²) in [5.74, 6) is 0.941. The van der Waals surface area contributed by atoms with E-state index in [0.29, 0.717) is 11.0 Å². The summed E-state index contributed by atoms with van der Waals surface area (Å²) in [6, 6.07) is 15.7. The van der Waals surface area contributed by atoms with E-state index >= 15 is 0 Å². The Balaban J connectivity index is 1.85. The van der Waals surface area contributed by atoms with Crippen LogP contribution in [0.1, 0.15) is 36.6 Å². The minimum atomic E-state index is -0.147. The first-order chi connectivity index (χ1) is 13.0. The first kappa shape index (κ1) is 19.1. The molecule has 0 spiro atoms. The Labute approximate surface area is 164 Å². The summed E-state index contributed by atoms with van der Waals surface area (Å²) in [7, 11) is 0. The molecule has 0 fully saturated rings. The van der Waals surface area contributed by atoms with Crippen LogP contribution < -0.4 is 9.64 Å². The van der Waals surface area contributed by atoms with Crippen LogP contribution in [-0.4, -0.2) is 17.5 Å². The molecule has 0 N–H and O–H groups in total. The summed E-state index contributed by atoms with van der Waals surface area (Å²) in [6.07, 6.45) is 0. The van der Waals surface area contributed by atoms with Gasteiger partial charge in [0.05, 0.1) is 11.4 Å². The predicted molar refractivity (Wildman–Crippen MR) is 111 cm³/mol. The Morgan fingerprint density at radius 1 is 1.15 bits per heavy atom. The number of hydrogen-bond donors (Lipinski definition) is 0. The minimum absolute atomic E-state index is 0.0449. The number of carbonyl (C=O) groups is 1. The van der Waals surface area contributed by atoms with Crippen LogP contribution in [0.4, 0.5) is 10.8 Å². The van der Waals surface area contributed by atoms with Crippen LogP contribution in [0.2, 0.25) is 0 Å². The topological polar surface area (TPSA) is 42.4 Å². The Morgan fingerprint density at radius 2 is 1.89 bits per heavy atom. The van der Waals surface area contributed by atoms with Crippen molar-refractivity contribution in [3.05, 3.63) is 70.7 Å². The zero-order valence-corrected chi connectivity index (χ0v) is 16.9. The van der Waals surface area contributed by atoms with Gasteiger partial charge >= 0.3 is 0 Å². The van der Waals surface area contributed by atoms with Crippen LogP contribution in [0.3, 0.4) is 0 Å². The van der Waals surface area contributed by atoms with Crippen LogP contribution in [0, 0.1) is 13.8 Å². The lowest BCUT2D eigenvalue weighted by Gasteiger charge is -2.21. The van der Waals surface area contributed by atoms with E-state index in [-0.39, 0.29) is 12.5 Å². The SMILES string of the molecule is Cc1ccc(C(C)C)c(OCC(=O)N(c2ccccc2)c2nc(C)cs2)c1. The van der Waals surface area contributed by atoms with Gasteiger partial charge < -0.3 is 4.74 Å². The van der Waals surface area contributed by atoms with Crippen LogP contribution in [0.15, 0.2) is 53.9 Å². The lowest BCUT2D eigenvalue weighted by Crippen LogP contribution is -2.31. The summed E-state index contributed by atoms with van der Waals surface area (Å²) in [6.45, 7) is 8.14. The Kier molecular flexibility index (Phi) is 5.91. The van der Waals surface area contributed by atoms with Crippen molar-refractivity contribution >= 4 is 28.1 Å². The molecule has 140 valence electrons. The lowest BCUT2D eigenvalue weighted by atomic mass is 10.0. The molecule has 0 aliphatic heterocycles. The van der Waals surface area contributed by atoms with Gasteiger partial charge in [-0.25, -0.2) is 4.98 Å². The lowest BCUT2D eigenvalue weighted by molar-refractivity contribution is -0.119. The molecule has 0 atom stereocenters. The van der Waals surface area contributed by atoms with Crippen molar-refractivity contribution in [1.29, 1.82) is 0 Å². The molecule has 0 aliphatic carbocycles. The minimum Gasteiger partial charge on any atom is -0.483 e. The summed E-state index contributed by atoms with van der Waals surface area (Å²) < 4.78 is 5.96. The average molecular weight is 381 g/mol. The van der Waals surface area contributed by atoms with Crippen LogP contribution in [0.25, 0.3) is 0 Å². The summed E-state index contributed by atoms with van der Waals surface area (Å²) >= 11 is 1.45. The number of aryl methyl sites for hydroxylation is 2. The zero-order chi connectivity index (χ0) is 19.4. The second-order valence-corrected chi connectivity index (χ2v) is 7.66. The van der Waals surface area contributed by atoms with Gasteiger partial charge in [0.15, 0.2) is 11.7 Å². The molecule has 3 aromatic rings. The Hall–Kier alpha value is -2.66. The molecule has 5 heteroatoms. The van der Waals surface area contributed by atoms with Gasteiger partial charge in [-0.3, -0.25) is 9.69 Å². The predicted octanol–water partition coefficient (Wildman–Crippen LogP) is 5.63. The maximum atomic E-state index is 13.1. The fraction of sp³-hybridized carbons (Fsp3) is 0.273. The van der Waals surface area contributed by atoms with Gasteiger partial charge in [-0.1, -0.05) is 44.2 Å². The van der Waals surface area contributed by atoms with Gasteiger partial charge in [-0.2, -0.15) is 0 Å².